The van der Waals surface area contributed by atoms with E-state index >= 15 is 0 Å². The summed E-state index contributed by atoms with van der Waals surface area (Å²) in [5.41, 5.74) is -0.131. The van der Waals surface area contributed by atoms with E-state index in [4.69, 9.17) is 0 Å². The third-order valence-electron chi connectivity index (χ3n) is 4.25. The third kappa shape index (κ3) is 2.78. The van der Waals surface area contributed by atoms with E-state index in [0.29, 0.717) is 18.8 Å². The highest BCUT2D eigenvalue weighted by molar-refractivity contribution is 7.12. The molecular weight excluding hydrogens is 349 g/mol. The van der Waals surface area contributed by atoms with Crippen molar-refractivity contribution in [1.82, 2.24) is 9.55 Å². The first kappa shape index (κ1) is 16.1. The fraction of sp³-hybridized carbons (Fsp3) is 0.222. The Balaban J connectivity index is 1.90. The Labute approximate surface area is 145 Å². The van der Waals surface area contributed by atoms with Gasteiger partial charge in [0.05, 0.1) is 16.5 Å². The minimum Gasteiger partial charge on any atom is -0.292 e. The maximum absolute atomic E-state index is 12.9. The summed E-state index contributed by atoms with van der Waals surface area (Å²) in [4.78, 5) is 19.2. The number of aromatic nitrogens is 2. The number of benzene rings is 1. The Morgan fingerprint density at radius 3 is 2.72 bits per heavy atom. The van der Waals surface area contributed by atoms with Crippen LogP contribution >= 0.6 is 11.3 Å². The van der Waals surface area contributed by atoms with Gasteiger partial charge in [-0.25, -0.2) is 4.98 Å². The van der Waals surface area contributed by atoms with Crippen molar-refractivity contribution >= 4 is 33.9 Å². The predicted octanol–water partition coefficient (Wildman–Crippen LogP) is 4.73. The Morgan fingerprint density at radius 2 is 2.04 bits per heavy atom. The summed E-state index contributed by atoms with van der Waals surface area (Å²) in [7, 11) is 0. The summed E-state index contributed by atoms with van der Waals surface area (Å²) in [6.45, 7) is 2.50. The molecule has 0 unspecified atom stereocenters. The second kappa shape index (κ2) is 5.56. The molecule has 3 nitrogen and oxygen atoms in total. The lowest BCUT2D eigenvalue weighted by Crippen LogP contribution is -2.21. The first-order chi connectivity index (χ1) is 11.8. The van der Waals surface area contributed by atoms with Crippen molar-refractivity contribution in [1.29, 1.82) is 0 Å². The molecule has 0 aliphatic carbocycles. The van der Waals surface area contributed by atoms with Crippen LogP contribution in [0.5, 0.6) is 0 Å². The molecule has 1 aliphatic rings. The second-order valence-corrected chi connectivity index (χ2v) is 7.31. The molecule has 7 heteroatoms. The molecule has 0 amide bonds. The minimum absolute atomic E-state index is 0.0845. The quantitative estimate of drug-likeness (QED) is 0.627. The average Bonchev–Trinajstić information content (AvgIpc) is 3.13. The highest BCUT2D eigenvalue weighted by Crippen LogP contribution is 2.32. The topological polar surface area (TPSA) is 34.9 Å². The lowest BCUT2D eigenvalue weighted by Gasteiger charge is -2.09. The third-order valence-corrected chi connectivity index (χ3v) is 5.20. The molecule has 0 spiro atoms. The first-order valence-corrected chi connectivity index (χ1v) is 8.54. The largest absolute Gasteiger partial charge is 0.416 e. The maximum atomic E-state index is 12.9. The number of rotatable bonds is 1. The molecule has 128 valence electrons. The van der Waals surface area contributed by atoms with Crippen LogP contribution in [0.2, 0.25) is 0 Å². The van der Waals surface area contributed by atoms with Crippen molar-refractivity contribution in [2.24, 2.45) is 0 Å². The number of hydrogen-bond donors (Lipinski definition) is 0. The van der Waals surface area contributed by atoms with Gasteiger partial charge >= 0.3 is 6.18 Å². The summed E-state index contributed by atoms with van der Waals surface area (Å²) >= 11 is 1.62. The molecule has 1 aliphatic heterocycles. The van der Waals surface area contributed by atoms with Gasteiger partial charge in [-0.05, 0) is 55.3 Å². The van der Waals surface area contributed by atoms with Crippen LogP contribution in [0.3, 0.4) is 0 Å². The Bertz CT molecular complexity index is 1080. The number of halogens is 3. The zero-order chi connectivity index (χ0) is 17.8. The normalized spacial score (nSPS) is 15.9. The molecule has 4 rings (SSSR count). The highest BCUT2D eigenvalue weighted by atomic mass is 32.1. The van der Waals surface area contributed by atoms with Gasteiger partial charge in [-0.1, -0.05) is 0 Å². The van der Waals surface area contributed by atoms with Crippen molar-refractivity contribution in [2.75, 3.05) is 0 Å². The van der Waals surface area contributed by atoms with Gasteiger partial charge in [-0.2, -0.15) is 13.2 Å². The van der Waals surface area contributed by atoms with E-state index < -0.39 is 11.7 Å². The van der Waals surface area contributed by atoms with E-state index in [1.54, 1.807) is 15.9 Å². The number of alkyl halides is 3. The van der Waals surface area contributed by atoms with Crippen molar-refractivity contribution < 1.29 is 13.2 Å². The summed E-state index contributed by atoms with van der Waals surface area (Å²) in [6, 6.07) is 7.07. The molecule has 2 aromatic heterocycles. The second-order valence-electron chi connectivity index (χ2n) is 5.99. The zero-order valence-corrected chi connectivity index (χ0v) is 14.0. The smallest absolute Gasteiger partial charge is 0.292 e. The standard InChI is InChI=1S/C18H13F3N2OS/c1-10-2-4-13(25-10)8-11-6-7-23-16(11)22-15-9-12(18(19,20)21)3-5-14(15)17(23)24/h2-5,8-9H,6-7H2,1H3/b11-8-. The lowest BCUT2D eigenvalue weighted by atomic mass is 10.1. The number of hydrogen-bond acceptors (Lipinski definition) is 3. The van der Waals surface area contributed by atoms with Gasteiger partial charge in [0.25, 0.3) is 5.56 Å². The van der Waals surface area contributed by atoms with Crippen LogP contribution in [0.25, 0.3) is 22.6 Å². The van der Waals surface area contributed by atoms with E-state index in [1.165, 1.54) is 10.9 Å². The van der Waals surface area contributed by atoms with Gasteiger partial charge in [-0.15, -0.1) is 11.3 Å². The number of nitrogens with zero attached hydrogens (tertiary/aromatic N) is 2. The van der Waals surface area contributed by atoms with Crippen LogP contribution in [-0.2, 0) is 12.7 Å². The summed E-state index contributed by atoms with van der Waals surface area (Å²) < 4.78 is 40.4. The molecule has 0 bridgehead atoms. The van der Waals surface area contributed by atoms with Gasteiger partial charge in [0.1, 0.15) is 5.82 Å². The summed E-state index contributed by atoms with van der Waals surface area (Å²) in [5.74, 6) is 0.461. The molecular formula is C18H13F3N2OS. The minimum atomic E-state index is -4.46. The van der Waals surface area contributed by atoms with Crippen LogP contribution < -0.4 is 5.56 Å². The molecule has 3 heterocycles. The Hall–Kier alpha value is -2.41. The molecule has 0 radical (unpaired) electrons. The van der Waals surface area contributed by atoms with E-state index in [1.807, 2.05) is 25.1 Å². The van der Waals surface area contributed by atoms with Crippen molar-refractivity contribution in [3.05, 3.63) is 61.8 Å². The van der Waals surface area contributed by atoms with Gasteiger partial charge in [0.2, 0.25) is 0 Å². The number of allylic oxidation sites excluding steroid dienone is 1. The average molecular weight is 362 g/mol. The van der Waals surface area contributed by atoms with E-state index in [2.05, 4.69) is 4.98 Å². The van der Waals surface area contributed by atoms with Crippen molar-refractivity contribution in [3.63, 3.8) is 0 Å². The number of thiophene rings is 1. The van der Waals surface area contributed by atoms with E-state index in [0.717, 1.165) is 22.6 Å². The maximum Gasteiger partial charge on any atom is 0.416 e. The predicted molar refractivity (Wildman–Crippen MR) is 92.5 cm³/mol. The summed E-state index contributed by atoms with van der Waals surface area (Å²) in [6.07, 6.45) is -1.86. The molecule has 3 aromatic rings. The van der Waals surface area contributed by atoms with Crippen LogP contribution in [0, 0.1) is 6.92 Å². The van der Waals surface area contributed by atoms with Gasteiger partial charge in [0.15, 0.2) is 0 Å². The van der Waals surface area contributed by atoms with E-state index in [-0.39, 0.29) is 16.5 Å². The van der Waals surface area contributed by atoms with Crippen molar-refractivity contribution in [2.45, 2.75) is 26.1 Å². The number of aryl methyl sites for hydroxylation is 1. The monoisotopic (exact) mass is 362 g/mol. The molecule has 0 saturated heterocycles. The zero-order valence-electron chi connectivity index (χ0n) is 13.2. The van der Waals surface area contributed by atoms with Crippen LogP contribution in [0.15, 0.2) is 35.1 Å². The fourth-order valence-electron chi connectivity index (χ4n) is 3.03. The van der Waals surface area contributed by atoms with Gasteiger partial charge in [-0.3, -0.25) is 9.36 Å². The molecule has 25 heavy (non-hydrogen) atoms. The molecule has 0 saturated carbocycles. The Morgan fingerprint density at radius 1 is 1.24 bits per heavy atom. The number of fused-ring (bicyclic) bond motifs is 2. The molecule has 0 atom stereocenters. The van der Waals surface area contributed by atoms with Gasteiger partial charge in [0, 0.05) is 16.3 Å². The summed E-state index contributed by atoms with van der Waals surface area (Å²) in [5, 5.41) is 0.213. The molecule has 0 N–H and O–H groups in total. The van der Waals surface area contributed by atoms with Crippen LogP contribution in [0.1, 0.15) is 27.6 Å². The SMILES string of the molecule is Cc1ccc(/C=C2/CCn3c2nc2cc(C(F)(F)F)ccc2c3=O)s1. The fourth-order valence-corrected chi connectivity index (χ4v) is 3.88. The van der Waals surface area contributed by atoms with Crippen LogP contribution in [-0.4, -0.2) is 9.55 Å². The van der Waals surface area contributed by atoms with Crippen LogP contribution in [0.4, 0.5) is 13.2 Å². The molecule has 0 fully saturated rings. The van der Waals surface area contributed by atoms with Gasteiger partial charge < -0.3 is 0 Å². The first-order valence-electron chi connectivity index (χ1n) is 7.72. The lowest BCUT2D eigenvalue weighted by molar-refractivity contribution is -0.137. The van der Waals surface area contributed by atoms with Crippen molar-refractivity contribution in [3.8, 4) is 0 Å². The molecule has 1 aromatic carbocycles. The highest BCUT2D eigenvalue weighted by Gasteiger charge is 2.31. The Kier molecular flexibility index (Phi) is 3.57. The van der Waals surface area contributed by atoms with E-state index in [9.17, 15) is 18.0 Å².